The van der Waals surface area contributed by atoms with Gasteiger partial charge in [-0.05, 0) is 41.4 Å². The molecule has 1 aromatic rings. The molecular formula is C14H17BrN2O3. The van der Waals surface area contributed by atoms with Crippen LogP contribution in [0, 0.1) is 5.92 Å². The quantitative estimate of drug-likeness (QED) is 0.636. The van der Waals surface area contributed by atoms with Gasteiger partial charge in [0.25, 0.3) is 0 Å². The normalized spacial score (nSPS) is 20.9. The van der Waals surface area contributed by atoms with Gasteiger partial charge >= 0.3 is 5.97 Å². The molecule has 0 bridgehead atoms. The molecule has 20 heavy (non-hydrogen) atoms. The van der Waals surface area contributed by atoms with Gasteiger partial charge in [0.2, 0.25) is 0 Å². The van der Waals surface area contributed by atoms with Crippen LogP contribution >= 0.6 is 15.9 Å². The number of aliphatic hydroxyl groups excluding tert-OH is 1. The number of nitrogens with zero attached hydrogens (tertiary/aromatic N) is 1. The Bertz CT molecular complexity index is 519. The number of halogens is 1. The monoisotopic (exact) mass is 340 g/mol. The number of aliphatic hydroxyl groups is 1. The number of anilines is 1. The molecule has 6 heteroatoms. The number of pyridine rings is 1. The van der Waals surface area contributed by atoms with Gasteiger partial charge in [0.15, 0.2) is 5.69 Å². The molecule has 0 unspecified atom stereocenters. The molecule has 108 valence electrons. The maximum absolute atomic E-state index is 11.8. The maximum atomic E-state index is 11.8. The number of hydrogen-bond acceptors (Lipinski definition) is 5. The molecule has 0 fully saturated rings. The van der Waals surface area contributed by atoms with E-state index in [2.05, 4.69) is 26.2 Å². The van der Waals surface area contributed by atoms with Crippen LogP contribution in [0.2, 0.25) is 0 Å². The number of carbonyl (C=O) groups is 1. The Morgan fingerprint density at radius 3 is 3.00 bits per heavy atom. The van der Waals surface area contributed by atoms with Crippen LogP contribution in [-0.4, -0.2) is 35.3 Å². The largest absolute Gasteiger partial charge is 0.461 e. The number of hydrogen-bond donors (Lipinski definition) is 2. The van der Waals surface area contributed by atoms with E-state index in [4.69, 9.17) is 9.84 Å². The molecule has 0 saturated heterocycles. The van der Waals surface area contributed by atoms with Gasteiger partial charge in [-0.1, -0.05) is 12.2 Å². The fourth-order valence-corrected chi connectivity index (χ4v) is 2.45. The predicted octanol–water partition coefficient (Wildman–Crippen LogP) is 2.37. The molecule has 2 N–H and O–H groups in total. The summed E-state index contributed by atoms with van der Waals surface area (Å²) in [4.78, 5) is 16.0. The maximum Gasteiger partial charge on any atom is 0.358 e. The van der Waals surface area contributed by atoms with Crippen LogP contribution in [0.3, 0.4) is 0 Å². The first kappa shape index (κ1) is 15.0. The second-order valence-electron chi connectivity index (χ2n) is 4.56. The zero-order valence-corrected chi connectivity index (χ0v) is 12.8. The van der Waals surface area contributed by atoms with Gasteiger partial charge in [-0.3, -0.25) is 0 Å². The second-order valence-corrected chi connectivity index (χ2v) is 5.42. The Labute approximate surface area is 126 Å². The van der Waals surface area contributed by atoms with Crippen LogP contribution in [0.15, 0.2) is 28.8 Å². The summed E-state index contributed by atoms with van der Waals surface area (Å²) in [5, 5.41) is 12.3. The topological polar surface area (TPSA) is 71.5 Å². The van der Waals surface area contributed by atoms with Crippen molar-refractivity contribution in [1.82, 2.24) is 4.98 Å². The first-order chi connectivity index (χ1) is 9.63. The molecule has 1 aliphatic rings. The Hall–Kier alpha value is -1.40. The summed E-state index contributed by atoms with van der Waals surface area (Å²) in [5.74, 6) is 0.357. The molecule has 0 spiro atoms. The van der Waals surface area contributed by atoms with Crippen molar-refractivity contribution in [2.45, 2.75) is 19.4 Å². The lowest BCUT2D eigenvalue weighted by molar-refractivity contribution is 0.0518. The van der Waals surface area contributed by atoms with Gasteiger partial charge in [0.05, 0.1) is 11.1 Å². The van der Waals surface area contributed by atoms with E-state index in [9.17, 15) is 4.79 Å². The molecule has 2 rings (SSSR count). The first-order valence-electron chi connectivity index (χ1n) is 6.53. The Balaban J connectivity index is 2.08. The predicted molar refractivity (Wildman–Crippen MR) is 79.6 cm³/mol. The van der Waals surface area contributed by atoms with Crippen molar-refractivity contribution in [2.24, 2.45) is 5.92 Å². The molecule has 0 amide bonds. The summed E-state index contributed by atoms with van der Waals surface area (Å²) in [6, 6.07) is 3.69. The summed E-state index contributed by atoms with van der Waals surface area (Å²) < 4.78 is 5.57. The summed E-state index contributed by atoms with van der Waals surface area (Å²) in [5.41, 5.74) is 0.262. The average Bonchev–Trinajstić information content (AvgIpc) is 2.89. The Morgan fingerprint density at radius 2 is 2.35 bits per heavy atom. The van der Waals surface area contributed by atoms with Crippen molar-refractivity contribution >= 4 is 27.7 Å². The standard InChI is InChI=1S/C14H17BrN2O3/c1-2-20-14(19)13-11(15)5-6-12(17-13)16-10-4-3-9(7-10)8-18/h3-6,9-10,18H,2,7-8H2,1H3,(H,16,17)/t9-,10+/m0/s1. The molecule has 1 aliphatic carbocycles. The number of carbonyl (C=O) groups excluding carboxylic acids is 1. The number of nitrogens with one attached hydrogen (secondary N) is 1. The van der Waals surface area contributed by atoms with E-state index in [-0.39, 0.29) is 24.3 Å². The SMILES string of the molecule is CCOC(=O)c1nc(N[C@@H]2C=C[C@H](CO)C2)ccc1Br. The van der Waals surface area contributed by atoms with Crippen molar-refractivity contribution in [3.05, 3.63) is 34.5 Å². The lowest BCUT2D eigenvalue weighted by atomic mass is 10.1. The van der Waals surface area contributed by atoms with Gasteiger partial charge in [-0.15, -0.1) is 0 Å². The summed E-state index contributed by atoms with van der Waals surface area (Å²) in [7, 11) is 0. The molecule has 0 aliphatic heterocycles. The number of rotatable bonds is 5. The highest BCUT2D eigenvalue weighted by Gasteiger charge is 2.19. The van der Waals surface area contributed by atoms with Crippen LogP contribution in [0.25, 0.3) is 0 Å². The highest BCUT2D eigenvalue weighted by Crippen LogP contribution is 2.23. The Kier molecular flexibility index (Phi) is 5.14. The molecule has 5 nitrogen and oxygen atoms in total. The molecule has 0 aromatic carbocycles. The van der Waals surface area contributed by atoms with Gasteiger partial charge in [-0.25, -0.2) is 9.78 Å². The lowest BCUT2D eigenvalue weighted by Gasteiger charge is -2.14. The van der Waals surface area contributed by atoms with Crippen LogP contribution in [0.4, 0.5) is 5.82 Å². The zero-order valence-electron chi connectivity index (χ0n) is 11.2. The van der Waals surface area contributed by atoms with Gasteiger partial charge < -0.3 is 15.2 Å². The Morgan fingerprint density at radius 1 is 1.55 bits per heavy atom. The molecule has 1 heterocycles. The van der Waals surface area contributed by atoms with Crippen molar-refractivity contribution in [1.29, 1.82) is 0 Å². The molecule has 0 radical (unpaired) electrons. The van der Waals surface area contributed by atoms with Gasteiger partial charge in [0, 0.05) is 18.6 Å². The third-order valence-electron chi connectivity index (χ3n) is 3.05. The van der Waals surface area contributed by atoms with Crippen molar-refractivity contribution < 1.29 is 14.6 Å². The first-order valence-corrected chi connectivity index (χ1v) is 7.32. The van der Waals surface area contributed by atoms with E-state index >= 15 is 0 Å². The fraction of sp³-hybridized carbons (Fsp3) is 0.429. The molecular weight excluding hydrogens is 324 g/mol. The number of aromatic nitrogens is 1. The van der Waals surface area contributed by atoms with Crippen molar-refractivity contribution in [3.63, 3.8) is 0 Å². The highest BCUT2D eigenvalue weighted by atomic mass is 79.9. The van der Waals surface area contributed by atoms with Crippen molar-refractivity contribution in [2.75, 3.05) is 18.5 Å². The van der Waals surface area contributed by atoms with Gasteiger partial charge in [-0.2, -0.15) is 0 Å². The minimum atomic E-state index is -0.446. The third kappa shape index (κ3) is 3.58. The van der Waals surface area contributed by atoms with Crippen LogP contribution in [0.5, 0.6) is 0 Å². The second kappa shape index (κ2) is 6.85. The molecule has 0 saturated carbocycles. The van der Waals surface area contributed by atoms with Crippen LogP contribution < -0.4 is 5.32 Å². The van der Waals surface area contributed by atoms with Crippen molar-refractivity contribution in [3.8, 4) is 0 Å². The van der Waals surface area contributed by atoms with Crippen LogP contribution in [-0.2, 0) is 4.74 Å². The van der Waals surface area contributed by atoms with E-state index in [0.717, 1.165) is 6.42 Å². The number of esters is 1. The molecule has 1 aromatic heterocycles. The third-order valence-corrected chi connectivity index (χ3v) is 3.69. The summed E-state index contributed by atoms with van der Waals surface area (Å²) in [6.07, 6.45) is 4.82. The minimum Gasteiger partial charge on any atom is -0.461 e. The lowest BCUT2D eigenvalue weighted by Crippen LogP contribution is -2.18. The van der Waals surface area contributed by atoms with Crippen LogP contribution in [0.1, 0.15) is 23.8 Å². The zero-order chi connectivity index (χ0) is 14.5. The van der Waals surface area contributed by atoms with Gasteiger partial charge in [0.1, 0.15) is 5.82 Å². The minimum absolute atomic E-state index is 0.121. The van der Waals surface area contributed by atoms with E-state index in [1.807, 2.05) is 12.2 Å². The average molecular weight is 341 g/mol. The van der Waals surface area contributed by atoms with E-state index < -0.39 is 5.97 Å². The fourth-order valence-electron chi connectivity index (χ4n) is 2.07. The summed E-state index contributed by atoms with van der Waals surface area (Å²) >= 11 is 3.30. The molecule has 2 atom stereocenters. The van der Waals surface area contributed by atoms with E-state index in [0.29, 0.717) is 16.9 Å². The number of ether oxygens (including phenoxy) is 1. The highest BCUT2D eigenvalue weighted by molar-refractivity contribution is 9.10. The van der Waals surface area contributed by atoms with E-state index in [1.165, 1.54) is 0 Å². The summed E-state index contributed by atoms with van der Waals surface area (Å²) in [6.45, 7) is 2.22. The van der Waals surface area contributed by atoms with E-state index in [1.54, 1.807) is 19.1 Å². The smallest absolute Gasteiger partial charge is 0.358 e.